The zero-order valence-electron chi connectivity index (χ0n) is 15.1. The van der Waals surface area contributed by atoms with Crippen molar-refractivity contribution in [1.82, 2.24) is 0 Å². The molecule has 1 saturated heterocycles. The number of sulfone groups is 1. The third kappa shape index (κ3) is 3.99. The molecular weight excluding hydrogens is 380 g/mol. The molecule has 2 aromatic rings. The molecule has 27 heavy (non-hydrogen) atoms. The third-order valence-corrected chi connectivity index (χ3v) is 7.59. The predicted molar refractivity (Wildman–Crippen MR) is 112 cm³/mol. The largest absolute Gasteiger partial charge is 0.497 e. The van der Waals surface area contributed by atoms with Crippen LogP contribution in [0.5, 0.6) is 5.75 Å². The third-order valence-electron chi connectivity index (χ3n) is 4.92. The lowest BCUT2D eigenvalue weighted by Crippen LogP contribution is -2.39. The Hall–Kier alpha value is -1.99. The Bertz CT molecular complexity index is 927. The number of benzene rings is 2. The molecule has 2 aliphatic rings. The summed E-state index contributed by atoms with van der Waals surface area (Å²) < 4.78 is 29.3. The monoisotopic (exact) mass is 402 g/mol. The van der Waals surface area contributed by atoms with Crippen molar-refractivity contribution in [1.29, 1.82) is 0 Å². The Kier molecular flexibility index (Phi) is 5.14. The average molecular weight is 403 g/mol. The van der Waals surface area contributed by atoms with Gasteiger partial charge >= 0.3 is 0 Å². The van der Waals surface area contributed by atoms with Crippen LogP contribution in [0.4, 0.5) is 5.69 Å². The van der Waals surface area contributed by atoms with Crippen molar-refractivity contribution in [3.8, 4) is 5.75 Å². The molecule has 0 saturated carbocycles. The molecule has 0 aromatic heterocycles. The first kappa shape index (κ1) is 18.4. The molecule has 2 atom stereocenters. The Balaban J connectivity index is 1.48. The van der Waals surface area contributed by atoms with Crippen LogP contribution in [0, 0.1) is 0 Å². The van der Waals surface area contributed by atoms with E-state index in [9.17, 15) is 8.42 Å². The van der Waals surface area contributed by atoms with Crippen LogP contribution in [-0.2, 0) is 16.3 Å². The molecule has 2 aromatic carbocycles. The van der Waals surface area contributed by atoms with Gasteiger partial charge in [0.15, 0.2) is 15.0 Å². The Morgan fingerprint density at radius 1 is 1.11 bits per heavy atom. The number of hydrogen-bond donors (Lipinski definition) is 0. The van der Waals surface area contributed by atoms with Gasteiger partial charge in [0, 0.05) is 11.4 Å². The van der Waals surface area contributed by atoms with Crippen molar-refractivity contribution >= 4 is 32.5 Å². The Morgan fingerprint density at radius 2 is 1.85 bits per heavy atom. The van der Waals surface area contributed by atoms with Gasteiger partial charge in [0.25, 0.3) is 0 Å². The molecule has 0 aliphatic carbocycles. The normalized spacial score (nSPS) is 23.1. The molecule has 0 unspecified atom stereocenters. The number of aryl methyl sites for hydroxylation is 1. The number of fused-ring (bicyclic) bond motifs is 1. The molecule has 0 radical (unpaired) electrons. The Morgan fingerprint density at radius 3 is 2.56 bits per heavy atom. The van der Waals surface area contributed by atoms with Crippen LogP contribution in [0.2, 0.25) is 0 Å². The van der Waals surface area contributed by atoms with Gasteiger partial charge in [-0.15, -0.1) is 0 Å². The number of anilines is 1. The first-order valence-corrected chi connectivity index (χ1v) is 11.7. The van der Waals surface area contributed by atoms with Gasteiger partial charge < -0.3 is 9.64 Å². The highest BCUT2D eigenvalue weighted by atomic mass is 32.2. The molecule has 1 fully saturated rings. The molecular formula is C20H22N2O3S2. The molecule has 142 valence electrons. The lowest BCUT2D eigenvalue weighted by atomic mass is 10.1. The van der Waals surface area contributed by atoms with Crippen molar-refractivity contribution in [2.24, 2.45) is 4.99 Å². The second kappa shape index (κ2) is 7.56. The first-order chi connectivity index (χ1) is 13.1. The van der Waals surface area contributed by atoms with Crippen molar-refractivity contribution in [3.05, 3.63) is 60.2 Å². The van der Waals surface area contributed by atoms with Crippen LogP contribution in [0.3, 0.4) is 0 Å². The molecule has 2 aliphatic heterocycles. The fourth-order valence-electron chi connectivity index (χ4n) is 3.58. The van der Waals surface area contributed by atoms with Gasteiger partial charge in [-0.3, -0.25) is 4.99 Å². The average Bonchev–Trinajstić information content (AvgIpc) is 3.14. The smallest absolute Gasteiger partial charge is 0.164 e. The van der Waals surface area contributed by atoms with E-state index in [1.165, 1.54) is 5.56 Å². The lowest BCUT2D eigenvalue weighted by molar-refractivity contribution is 0.414. The van der Waals surface area contributed by atoms with Crippen LogP contribution >= 0.6 is 11.8 Å². The van der Waals surface area contributed by atoms with Gasteiger partial charge in [-0.05, 0) is 36.2 Å². The maximum absolute atomic E-state index is 12.1. The lowest BCUT2D eigenvalue weighted by Gasteiger charge is -2.26. The van der Waals surface area contributed by atoms with Crippen LogP contribution in [0.1, 0.15) is 5.56 Å². The van der Waals surface area contributed by atoms with Crippen LogP contribution in [0.15, 0.2) is 59.6 Å². The van der Waals surface area contributed by atoms with E-state index in [-0.39, 0.29) is 23.6 Å². The Labute approximate surface area is 164 Å². The number of ether oxygens (including phenoxy) is 1. The molecule has 0 bridgehead atoms. The molecule has 4 rings (SSSR count). The maximum atomic E-state index is 12.1. The van der Waals surface area contributed by atoms with Gasteiger partial charge in [-0.25, -0.2) is 8.42 Å². The zero-order valence-corrected chi connectivity index (χ0v) is 16.7. The number of rotatable bonds is 5. The molecule has 0 amide bonds. The molecule has 0 N–H and O–H groups in total. The summed E-state index contributed by atoms with van der Waals surface area (Å²) in [5, 5.41) is 0.930. The van der Waals surface area contributed by atoms with E-state index < -0.39 is 9.84 Å². The van der Waals surface area contributed by atoms with E-state index in [0.717, 1.165) is 28.8 Å². The van der Waals surface area contributed by atoms with Gasteiger partial charge in [0.2, 0.25) is 0 Å². The van der Waals surface area contributed by atoms with Crippen LogP contribution in [-0.4, -0.2) is 50.0 Å². The zero-order chi connectivity index (χ0) is 18.9. The molecule has 2 heterocycles. The van der Waals surface area contributed by atoms with E-state index in [2.05, 4.69) is 17.0 Å². The number of nitrogens with zero attached hydrogens (tertiary/aromatic N) is 2. The first-order valence-electron chi connectivity index (χ1n) is 8.94. The standard InChI is InChI=1S/C20H22N2O3S2/c1-25-17-9-7-15(8-10-17)11-12-26-20-21-18-13-27(23,24)14-19(18)22(20)16-5-3-2-4-6-16/h2-10,18-19H,11-14H2,1H3/t18-,19+/m0/s1. The number of amidine groups is 1. The van der Waals surface area contributed by atoms with E-state index in [0.29, 0.717) is 0 Å². The highest BCUT2D eigenvalue weighted by molar-refractivity contribution is 8.14. The van der Waals surface area contributed by atoms with Gasteiger partial charge in [-0.1, -0.05) is 42.1 Å². The van der Waals surface area contributed by atoms with Crippen molar-refractivity contribution in [3.63, 3.8) is 0 Å². The van der Waals surface area contributed by atoms with E-state index in [1.54, 1.807) is 18.9 Å². The van der Waals surface area contributed by atoms with Crippen molar-refractivity contribution in [2.75, 3.05) is 29.3 Å². The summed E-state index contributed by atoms with van der Waals surface area (Å²) in [6.45, 7) is 0. The van der Waals surface area contributed by atoms with E-state index >= 15 is 0 Å². The maximum Gasteiger partial charge on any atom is 0.164 e. The fourth-order valence-corrected chi connectivity index (χ4v) is 6.53. The van der Waals surface area contributed by atoms with Crippen LogP contribution < -0.4 is 9.64 Å². The molecule has 5 nitrogen and oxygen atoms in total. The summed E-state index contributed by atoms with van der Waals surface area (Å²) >= 11 is 1.70. The van der Waals surface area contributed by atoms with Crippen LogP contribution in [0.25, 0.3) is 0 Å². The van der Waals surface area contributed by atoms with Gasteiger partial charge in [0.05, 0.1) is 30.7 Å². The summed E-state index contributed by atoms with van der Waals surface area (Å²) in [6.07, 6.45) is 0.921. The minimum Gasteiger partial charge on any atom is -0.497 e. The van der Waals surface area contributed by atoms with E-state index in [1.807, 2.05) is 42.5 Å². The number of aliphatic imine (C=N–C) groups is 1. The molecule has 0 spiro atoms. The second-order valence-corrected chi connectivity index (χ2v) is 9.99. The number of thioether (sulfide) groups is 1. The predicted octanol–water partition coefficient (Wildman–Crippen LogP) is 3.01. The number of hydrogen-bond acceptors (Lipinski definition) is 6. The van der Waals surface area contributed by atoms with Crippen molar-refractivity contribution < 1.29 is 13.2 Å². The fraction of sp³-hybridized carbons (Fsp3) is 0.350. The van der Waals surface area contributed by atoms with Gasteiger partial charge in [-0.2, -0.15) is 0 Å². The number of para-hydroxylation sites is 1. The summed E-state index contributed by atoms with van der Waals surface area (Å²) in [4.78, 5) is 6.89. The summed E-state index contributed by atoms with van der Waals surface area (Å²) in [7, 11) is -1.34. The van der Waals surface area contributed by atoms with E-state index in [4.69, 9.17) is 9.73 Å². The van der Waals surface area contributed by atoms with Gasteiger partial charge in [0.1, 0.15) is 5.75 Å². The topological polar surface area (TPSA) is 59.0 Å². The molecule has 7 heteroatoms. The summed E-state index contributed by atoms with van der Waals surface area (Å²) in [6, 6.07) is 17.8. The summed E-state index contributed by atoms with van der Waals surface area (Å²) in [5.41, 5.74) is 2.26. The summed E-state index contributed by atoms with van der Waals surface area (Å²) in [5.74, 6) is 2.08. The highest BCUT2D eigenvalue weighted by Crippen LogP contribution is 2.35. The minimum absolute atomic E-state index is 0.0825. The minimum atomic E-state index is -3.01. The quantitative estimate of drug-likeness (QED) is 0.769. The highest BCUT2D eigenvalue weighted by Gasteiger charge is 2.47. The number of methoxy groups -OCH3 is 1. The second-order valence-electron chi connectivity index (χ2n) is 6.78. The SMILES string of the molecule is COc1ccc(CCSC2=N[C@H]3CS(=O)(=O)C[C@H]3N2c2ccccc2)cc1. The van der Waals surface area contributed by atoms with Crippen molar-refractivity contribution in [2.45, 2.75) is 18.5 Å².